The highest BCUT2D eigenvalue weighted by atomic mass is 35.5. The van der Waals surface area contributed by atoms with E-state index in [2.05, 4.69) is 10.6 Å². The van der Waals surface area contributed by atoms with Crippen LogP contribution in [0.15, 0.2) is 117 Å². The maximum Gasteiger partial charge on any atom is 0.340 e. The van der Waals surface area contributed by atoms with E-state index in [1.165, 1.54) is 30.0 Å². The van der Waals surface area contributed by atoms with Gasteiger partial charge in [-0.05, 0) is 72.8 Å². The van der Waals surface area contributed by atoms with Crippen molar-refractivity contribution in [2.75, 3.05) is 5.32 Å². The van der Waals surface area contributed by atoms with E-state index in [4.69, 9.17) is 27.6 Å². The quantitative estimate of drug-likeness (QED) is 0.0945. The van der Waals surface area contributed by atoms with Crippen LogP contribution in [0.25, 0.3) is 17.0 Å². The van der Waals surface area contributed by atoms with Gasteiger partial charge in [0.15, 0.2) is 0 Å². The molecule has 0 radical (unpaired) electrons. The maximum atomic E-state index is 13.3. The maximum absolute atomic E-state index is 13.3. The molecule has 0 bridgehead atoms. The van der Waals surface area contributed by atoms with Crippen molar-refractivity contribution in [2.45, 2.75) is 10.6 Å². The first kappa shape index (κ1) is 29.0. The van der Waals surface area contributed by atoms with Gasteiger partial charge in [0, 0.05) is 54.5 Å². The molecule has 1 aromatic heterocycles. The fourth-order valence-electron chi connectivity index (χ4n) is 3.97. The number of rotatable bonds is 8. The van der Waals surface area contributed by atoms with Crippen LogP contribution in [0.5, 0.6) is 5.75 Å². The van der Waals surface area contributed by atoms with Gasteiger partial charge in [0.05, 0.1) is 0 Å². The molecule has 0 aliphatic heterocycles. The molecule has 5 rings (SSSR count). The van der Waals surface area contributed by atoms with Crippen LogP contribution >= 0.6 is 35.0 Å². The highest BCUT2D eigenvalue weighted by Gasteiger charge is 2.17. The van der Waals surface area contributed by atoms with E-state index in [0.717, 1.165) is 4.90 Å². The molecule has 0 fully saturated rings. The number of hydrogen-bond donors (Lipinski definition) is 3. The SMILES string of the molecule is O=C(Nc1ccc(SCc2cc3ccc(O)cc3oc2=O)cc1)/C(=C/c1c(Cl)cccc1Cl)NC(=O)c1ccccc1. The first-order valence-electron chi connectivity index (χ1n) is 12.6. The molecule has 0 unspecified atom stereocenters. The van der Waals surface area contributed by atoms with Gasteiger partial charge in [-0.3, -0.25) is 9.59 Å². The summed E-state index contributed by atoms with van der Waals surface area (Å²) in [6.45, 7) is 0. The molecule has 210 valence electrons. The summed E-state index contributed by atoms with van der Waals surface area (Å²) in [4.78, 5) is 39.4. The molecule has 3 N–H and O–H groups in total. The van der Waals surface area contributed by atoms with Crippen LogP contribution in [-0.4, -0.2) is 16.9 Å². The number of nitrogens with one attached hydrogen (secondary N) is 2. The van der Waals surface area contributed by atoms with Gasteiger partial charge in [0.1, 0.15) is 17.0 Å². The third-order valence-electron chi connectivity index (χ3n) is 6.12. The number of anilines is 1. The summed E-state index contributed by atoms with van der Waals surface area (Å²) >= 11 is 14.1. The Bertz CT molecular complexity index is 1850. The van der Waals surface area contributed by atoms with Gasteiger partial charge in [0.2, 0.25) is 0 Å². The molecule has 0 spiro atoms. The molecule has 0 aliphatic carbocycles. The number of halogens is 2. The smallest absolute Gasteiger partial charge is 0.340 e. The third-order valence-corrected chi connectivity index (χ3v) is 7.84. The third kappa shape index (κ3) is 7.03. The monoisotopic (exact) mass is 616 g/mol. The number of fused-ring (bicyclic) bond motifs is 1. The lowest BCUT2D eigenvalue weighted by Crippen LogP contribution is -2.30. The van der Waals surface area contributed by atoms with Crippen molar-refractivity contribution < 1.29 is 19.1 Å². The molecular weight excluding hydrogens is 595 g/mol. The van der Waals surface area contributed by atoms with Crippen LogP contribution in [-0.2, 0) is 10.5 Å². The van der Waals surface area contributed by atoms with Crippen LogP contribution in [0.2, 0.25) is 10.0 Å². The topological polar surface area (TPSA) is 109 Å². The van der Waals surface area contributed by atoms with Crippen molar-refractivity contribution in [3.05, 3.63) is 140 Å². The first-order chi connectivity index (χ1) is 20.3. The molecule has 0 atom stereocenters. The Balaban J connectivity index is 1.31. The van der Waals surface area contributed by atoms with E-state index in [9.17, 15) is 19.5 Å². The Kier molecular flexibility index (Phi) is 8.97. The van der Waals surface area contributed by atoms with Crippen molar-refractivity contribution in [2.24, 2.45) is 0 Å². The molecule has 0 saturated carbocycles. The number of phenolic OH excluding ortho intramolecular Hbond substituents is 1. The Morgan fingerprint density at radius 2 is 1.60 bits per heavy atom. The summed E-state index contributed by atoms with van der Waals surface area (Å²) in [5.74, 6) is -0.659. The van der Waals surface area contributed by atoms with Crippen LogP contribution in [0, 0.1) is 0 Å². The molecular formula is C32H22Cl2N2O5S. The van der Waals surface area contributed by atoms with E-state index in [-0.39, 0.29) is 11.4 Å². The van der Waals surface area contributed by atoms with E-state index < -0.39 is 17.4 Å². The normalized spacial score (nSPS) is 11.3. The van der Waals surface area contributed by atoms with E-state index in [0.29, 0.717) is 49.1 Å². The second-order valence-corrected chi connectivity index (χ2v) is 10.9. The minimum Gasteiger partial charge on any atom is -0.508 e. The standard InChI is InChI=1S/C32H22Cl2N2O5S/c33-26-7-4-8-27(34)25(26)17-28(36-30(38)19-5-2-1-3-6-19)31(39)35-22-10-13-24(14-11-22)42-18-21-15-20-9-12-23(37)16-29(20)41-32(21)40/h1-17,37H,18H2,(H,35,39)(H,36,38)/b28-17-. The Hall–Kier alpha value is -4.50. The average Bonchev–Trinajstić information content (AvgIpc) is 2.98. The number of carbonyl (C=O) groups excluding carboxylic acids is 2. The number of benzene rings is 4. The molecule has 4 aromatic carbocycles. The molecule has 2 amide bonds. The van der Waals surface area contributed by atoms with E-state index in [1.54, 1.807) is 84.9 Å². The lowest BCUT2D eigenvalue weighted by atomic mass is 10.1. The molecule has 0 aliphatic rings. The predicted octanol–water partition coefficient (Wildman–Crippen LogP) is 7.51. The minimum absolute atomic E-state index is 0.0220. The summed E-state index contributed by atoms with van der Waals surface area (Å²) in [6, 6.07) is 26.8. The molecule has 10 heteroatoms. The second-order valence-electron chi connectivity index (χ2n) is 9.06. The number of carbonyl (C=O) groups is 2. The number of phenols is 1. The lowest BCUT2D eigenvalue weighted by molar-refractivity contribution is -0.113. The highest BCUT2D eigenvalue weighted by Crippen LogP contribution is 2.28. The van der Waals surface area contributed by atoms with Gasteiger partial charge < -0.3 is 20.2 Å². The molecule has 0 saturated heterocycles. The zero-order valence-electron chi connectivity index (χ0n) is 21.8. The average molecular weight is 618 g/mol. The Labute approximate surface area is 254 Å². The largest absolute Gasteiger partial charge is 0.508 e. The van der Waals surface area contributed by atoms with Gasteiger partial charge in [-0.1, -0.05) is 47.5 Å². The van der Waals surface area contributed by atoms with Crippen LogP contribution in [0.3, 0.4) is 0 Å². The van der Waals surface area contributed by atoms with Crippen LogP contribution in [0.4, 0.5) is 5.69 Å². The lowest BCUT2D eigenvalue weighted by Gasteiger charge is -2.13. The van der Waals surface area contributed by atoms with Crippen molar-refractivity contribution in [1.29, 1.82) is 0 Å². The highest BCUT2D eigenvalue weighted by molar-refractivity contribution is 7.98. The van der Waals surface area contributed by atoms with Gasteiger partial charge in [-0.15, -0.1) is 11.8 Å². The van der Waals surface area contributed by atoms with Crippen molar-refractivity contribution in [1.82, 2.24) is 5.32 Å². The second kappa shape index (κ2) is 13.0. The molecule has 42 heavy (non-hydrogen) atoms. The Morgan fingerprint density at radius 1 is 0.881 bits per heavy atom. The van der Waals surface area contributed by atoms with Crippen LogP contribution in [0.1, 0.15) is 21.5 Å². The van der Waals surface area contributed by atoms with Crippen molar-refractivity contribution >= 4 is 69.5 Å². The molecule has 7 nitrogen and oxygen atoms in total. The molecule has 5 aromatic rings. The van der Waals surface area contributed by atoms with Crippen molar-refractivity contribution in [3.8, 4) is 5.75 Å². The number of aromatic hydroxyl groups is 1. The minimum atomic E-state index is -0.574. The zero-order chi connectivity index (χ0) is 29.6. The first-order valence-corrected chi connectivity index (χ1v) is 14.3. The number of thioether (sulfide) groups is 1. The van der Waals surface area contributed by atoms with Gasteiger partial charge in [-0.25, -0.2) is 4.79 Å². The Morgan fingerprint density at radius 3 is 2.31 bits per heavy atom. The number of hydrogen-bond acceptors (Lipinski definition) is 6. The van der Waals surface area contributed by atoms with Gasteiger partial charge in [-0.2, -0.15) is 0 Å². The number of amides is 2. The summed E-state index contributed by atoms with van der Waals surface area (Å²) in [5.41, 5.74) is 1.53. The fraction of sp³-hybridized carbons (Fsp3) is 0.0312. The predicted molar refractivity (Wildman–Crippen MR) is 167 cm³/mol. The van der Waals surface area contributed by atoms with E-state index >= 15 is 0 Å². The zero-order valence-corrected chi connectivity index (χ0v) is 24.1. The molecule has 1 heterocycles. The summed E-state index contributed by atoms with van der Waals surface area (Å²) in [6.07, 6.45) is 1.43. The van der Waals surface area contributed by atoms with Gasteiger partial charge in [0.25, 0.3) is 11.8 Å². The summed E-state index contributed by atoms with van der Waals surface area (Å²) < 4.78 is 5.33. The van der Waals surface area contributed by atoms with Gasteiger partial charge >= 0.3 is 5.63 Å². The summed E-state index contributed by atoms with van der Waals surface area (Å²) in [5, 5.41) is 16.4. The van der Waals surface area contributed by atoms with Crippen molar-refractivity contribution in [3.63, 3.8) is 0 Å². The summed E-state index contributed by atoms with van der Waals surface area (Å²) in [7, 11) is 0. The van der Waals surface area contributed by atoms with E-state index in [1.807, 2.05) is 0 Å². The fourth-order valence-corrected chi connectivity index (χ4v) is 5.33. The van der Waals surface area contributed by atoms with Crippen LogP contribution < -0.4 is 16.3 Å².